The van der Waals surface area contributed by atoms with Gasteiger partial charge in [-0.25, -0.2) is 0 Å². The molecule has 0 aromatic heterocycles. The normalized spacial score (nSPS) is 11.9. The summed E-state index contributed by atoms with van der Waals surface area (Å²) in [7, 11) is 3.27. The van der Waals surface area contributed by atoms with Crippen molar-refractivity contribution >= 4 is 0 Å². The molecule has 1 rings (SSSR count). The zero-order valence-corrected chi connectivity index (χ0v) is 11.1. The number of rotatable bonds is 8. The van der Waals surface area contributed by atoms with E-state index in [4.69, 9.17) is 15.3 Å². The maximum absolute atomic E-state index is 5.55. The van der Waals surface area contributed by atoms with Gasteiger partial charge >= 0.3 is 0 Å². The number of allylic oxidation sites excluding steroid dienone is 1. The van der Waals surface area contributed by atoms with Gasteiger partial charge in [-0.15, -0.1) is 6.58 Å². The van der Waals surface area contributed by atoms with Gasteiger partial charge in [0.25, 0.3) is 0 Å². The Morgan fingerprint density at radius 3 is 2.61 bits per heavy atom. The maximum Gasteiger partial charge on any atom is 0.160 e. The fourth-order valence-electron chi connectivity index (χ4n) is 1.86. The maximum atomic E-state index is 5.55. The Bertz CT molecular complexity index is 380. The number of hydrogen-bond donors (Lipinski definition) is 2. The van der Waals surface area contributed by atoms with Gasteiger partial charge in [-0.05, 0) is 37.0 Å². The van der Waals surface area contributed by atoms with Crippen molar-refractivity contribution in [3.05, 3.63) is 36.4 Å². The van der Waals surface area contributed by atoms with Gasteiger partial charge in [-0.3, -0.25) is 11.3 Å². The summed E-state index contributed by atoms with van der Waals surface area (Å²) in [5.74, 6) is 7.03. The van der Waals surface area contributed by atoms with E-state index in [0.29, 0.717) is 0 Å². The van der Waals surface area contributed by atoms with E-state index in [1.807, 2.05) is 24.3 Å². The Balaban J connectivity index is 2.73. The highest BCUT2D eigenvalue weighted by molar-refractivity contribution is 5.43. The summed E-state index contributed by atoms with van der Waals surface area (Å²) < 4.78 is 10.5. The van der Waals surface area contributed by atoms with E-state index >= 15 is 0 Å². The molecule has 0 bridgehead atoms. The average Bonchev–Trinajstić information content (AvgIpc) is 2.43. The number of nitrogens with two attached hydrogens (primary N) is 1. The Morgan fingerprint density at radius 1 is 1.33 bits per heavy atom. The van der Waals surface area contributed by atoms with Crippen LogP contribution in [0.15, 0.2) is 30.9 Å². The summed E-state index contributed by atoms with van der Waals surface area (Å²) in [6, 6.07) is 6.16. The van der Waals surface area contributed by atoms with Gasteiger partial charge in [0.1, 0.15) is 0 Å². The van der Waals surface area contributed by atoms with Gasteiger partial charge in [-0.1, -0.05) is 12.1 Å². The van der Waals surface area contributed by atoms with E-state index in [1.165, 1.54) is 5.56 Å². The lowest BCUT2D eigenvalue weighted by Gasteiger charge is -2.16. The summed E-state index contributed by atoms with van der Waals surface area (Å²) in [5.41, 5.74) is 4.00. The number of hydrazine groups is 1. The first-order valence-corrected chi connectivity index (χ1v) is 6.03. The molecule has 4 heteroatoms. The predicted octanol–water partition coefficient (Wildman–Crippen LogP) is 2.04. The summed E-state index contributed by atoms with van der Waals surface area (Å²) in [6.45, 7) is 3.72. The van der Waals surface area contributed by atoms with Crippen LogP contribution in [0.3, 0.4) is 0 Å². The van der Waals surface area contributed by atoms with Gasteiger partial charge in [-0.2, -0.15) is 0 Å². The topological polar surface area (TPSA) is 56.5 Å². The third kappa shape index (κ3) is 4.05. The quantitative estimate of drug-likeness (QED) is 0.421. The Kier molecular flexibility index (Phi) is 6.25. The molecule has 0 radical (unpaired) electrons. The van der Waals surface area contributed by atoms with Crippen molar-refractivity contribution in [1.29, 1.82) is 0 Å². The Labute approximate surface area is 109 Å². The molecule has 1 unspecified atom stereocenters. The lowest BCUT2D eigenvalue weighted by Crippen LogP contribution is -2.36. The van der Waals surface area contributed by atoms with E-state index < -0.39 is 0 Å². The van der Waals surface area contributed by atoms with Gasteiger partial charge in [0.15, 0.2) is 11.5 Å². The lowest BCUT2D eigenvalue weighted by molar-refractivity contribution is 0.354. The van der Waals surface area contributed by atoms with E-state index in [0.717, 1.165) is 30.8 Å². The van der Waals surface area contributed by atoms with Crippen LogP contribution in [0.25, 0.3) is 0 Å². The molecular weight excluding hydrogens is 228 g/mol. The predicted molar refractivity (Wildman–Crippen MR) is 73.8 cm³/mol. The first kappa shape index (κ1) is 14.5. The molecule has 0 aliphatic carbocycles. The van der Waals surface area contributed by atoms with Crippen LogP contribution in [0.4, 0.5) is 0 Å². The minimum Gasteiger partial charge on any atom is -0.493 e. The highest BCUT2D eigenvalue weighted by Crippen LogP contribution is 2.28. The van der Waals surface area contributed by atoms with Crippen LogP contribution in [-0.4, -0.2) is 20.3 Å². The van der Waals surface area contributed by atoms with Crippen molar-refractivity contribution < 1.29 is 9.47 Å². The Morgan fingerprint density at radius 2 is 2.06 bits per heavy atom. The monoisotopic (exact) mass is 250 g/mol. The second-order valence-electron chi connectivity index (χ2n) is 4.12. The van der Waals surface area contributed by atoms with Crippen molar-refractivity contribution in [1.82, 2.24) is 5.43 Å². The molecule has 18 heavy (non-hydrogen) atoms. The second-order valence-corrected chi connectivity index (χ2v) is 4.12. The SMILES string of the molecule is C=CCCC(Cc1ccc(OC)c(OC)c1)NN. The summed E-state index contributed by atoms with van der Waals surface area (Å²) >= 11 is 0. The molecule has 0 amide bonds. The molecule has 0 saturated carbocycles. The first-order valence-electron chi connectivity index (χ1n) is 6.03. The molecule has 1 aromatic rings. The number of nitrogens with one attached hydrogen (secondary N) is 1. The van der Waals surface area contributed by atoms with Crippen LogP contribution in [0.2, 0.25) is 0 Å². The zero-order valence-electron chi connectivity index (χ0n) is 11.1. The molecule has 3 N–H and O–H groups in total. The highest BCUT2D eigenvalue weighted by Gasteiger charge is 2.09. The minimum atomic E-state index is 0.237. The third-order valence-corrected chi connectivity index (χ3v) is 2.89. The van der Waals surface area contributed by atoms with E-state index in [-0.39, 0.29) is 6.04 Å². The molecule has 0 aliphatic rings. The first-order chi connectivity index (χ1) is 8.74. The molecule has 0 aliphatic heterocycles. The number of benzene rings is 1. The fraction of sp³-hybridized carbons (Fsp3) is 0.429. The lowest BCUT2D eigenvalue weighted by atomic mass is 10.0. The van der Waals surface area contributed by atoms with Crippen LogP contribution < -0.4 is 20.7 Å². The van der Waals surface area contributed by atoms with Crippen molar-refractivity contribution in [3.8, 4) is 11.5 Å². The number of methoxy groups -OCH3 is 2. The molecule has 0 fully saturated rings. The van der Waals surface area contributed by atoms with Crippen LogP contribution >= 0.6 is 0 Å². The molecule has 1 atom stereocenters. The second kappa shape index (κ2) is 7.74. The Hall–Kier alpha value is -1.52. The van der Waals surface area contributed by atoms with Crippen molar-refractivity contribution in [3.63, 3.8) is 0 Å². The molecule has 4 nitrogen and oxygen atoms in total. The zero-order chi connectivity index (χ0) is 13.4. The summed E-state index contributed by atoms with van der Waals surface area (Å²) in [6.07, 6.45) is 4.67. The molecule has 0 saturated heterocycles. The molecule has 100 valence electrons. The van der Waals surface area contributed by atoms with Crippen LogP contribution in [0.5, 0.6) is 11.5 Å². The van der Waals surface area contributed by atoms with E-state index in [1.54, 1.807) is 14.2 Å². The van der Waals surface area contributed by atoms with Crippen molar-refractivity contribution in [2.24, 2.45) is 5.84 Å². The summed E-state index contributed by atoms with van der Waals surface area (Å²) in [5, 5.41) is 0. The van der Waals surface area contributed by atoms with E-state index in [2.05, 4.69) is 12.0 Å². The van der Waals surface area contributed by atoms with Crippen LogP contribution in [-0.2, 0) is 6.42 Å². The molecule has 0 spiro atoms. The van der Waals surface area contributed by atoms with Crippen molar-refractivity contribution in [2.45, 2.75) is 25.3 Å². The van der Waals surface area contributed by atoms with Crippen LogP contribution in [0.1, 0.15) is 18.4 Å². The van der Waals surface area contributed by atoms with Crippen LogP contribution in [0, 0.1) is 0 Å². The molecule has 0 heterocycles. The number of ether oxygens (including phenoxy) is 2. The van der Waals surface area contributed by atoms with Gasteiger partial charge in [0, 0.05) is 6.04 Å². The van der Waals surface area contributed by atoms with E-state index in [9.17, 15) is 0 Å². The minimum absolute atomic E-state index is 0.237. The standard InChI is InChI=1S/C14H22N2O2/c1-4-5-6-12(16-15)9-11-7-8-13(17-2)14(10-11)18-3/h4,7-8,10,12,16H,1,5-6,9,15H2,2-3H3. The van der Waals surface area contributed by atoms with Gasteiger partial charge in [0.05, 0.1) is 14.2 Å². The smallest absolute Gasteiger partial charge is 0.160 e. The number of hydrogen-bond acceptors (Lipinski definition) is 4. The average molecular weight is 250 g/mol. The van der Waals surface area contributed by atoms with Gasteiger partial charge in [0.2, 0.25) is 0 Å². The molecule has 1 aromatic carbocycles. The third-order valence-electron chi connectivity index (χ3n) is 2.89. The highest BCUT2D eigenvalue weighted by atomic mass is 16.5. The largest absolute Gasteiger partial charge is 0.493 e. The summed E-state index contributed by atoms with van der Waals surface area (Å²) in [4.78, 5) is 0. The van der Waals surface area contributed by atoms with Gasteiger partial charge < -0.3 is 9.47 Å². The van der Waals surface area contributed by atoms with Crippen molar-refractivity contribution in [2.75, 3.05) is 14.2 Å². The fourth-order valence-corrected chi connectivity index (χ4v) is 1.86. The molecular formula is C14H22N2O2.